The first-order valence-electron chi connectivity index (χ1n) is 5.72. The number of rotatable bonds is 2. The Kier molecular flexibility index (Phi) is 4.06. The molecule has 0 aromatic heterocycles. The first-order chi connectivity index (χ1) is 9.19. The number of benzene rings is 1. The maximum absolute atomic E-state index is 12.9. The number of carboxylic acids is 1. The largest absolute Gasteiger partial charge is 0.481 e. The Balaban J connectivity index is 3.75. The first-order valence-corrected chi connectivity index (χ1v) is 5.72. The predicted molar refractivity (Wildman–Crippen MR) is 61.8 cm³/mol. The Bertz CT molecular complexity index is 534. The van der Waals surface area contributed by atoms with Gasteiger partial charge in [0.25, 0.3) is 0 Å². The van der Waals surface area contributed by atoms with Gasteiger partial charge >= 0.3 is 18.3 Å². The second kappa shape index (κ2) is 4.92. The zero-order chi connectivity index (χ0) is 16.8. The van der Waals surface area contributed by atoms with Crippen LogP contribution in [0, 0.1) is 6.92 Å². The Morgan fingerprint density at radius 2 is 1.29 bits per heavy atom. The van der Waals surface area contributed by atoms with Gasteiger partial charge in [0.1, 0.15) is 0 Å². The van der Waals surface area contributed by atoms with Gasteiger partial charge in [0.05, 0.1) is 16.5 Å². The monoisotopic (exact) mass is 314 g/mol. The van der Waals surface area contributed by atoms with Crippen LogP contribution >= 0.6 is 0 Å². The van der Waals surface area contributed by atoms with Gasteiger partial charge in [-0.05, 0) is 44.0 Å². The van der Waals surface area contributed by atoms with Crippen molar-refractivity contribution in [2.75, 3.05) is 0 Å². The standard InChI is InChI=1S/C13H12F6O2/c1-6-8(12(14,15)16)4-7(11(2,3)10(20)21)5-9(6)13(17,18)19/h4-5H,1-3H3,(H,20,21). The minimum absolute atomic E-state index is 0.457. The molecule has 0 fully saturated rings. The van der Waals surface area contributed by atoms with Crippen molar-refractivity contribution in [2.45, 2.75) is 38.5 Å². The maximum Gasteiger partial charge on any atom is 0.416 e. The molecule has 0 spiro atoms. The minimum atomic E-state index is -5.01. The van der Waals surface area contributed by atoms with E-state index in [4.69, 9.17) is 5.11 Å². The molecular formula is C13H12F6O2. The van der Waals surface area contributed by atoms with Crippen LogP contribution in [0.15, 0.2) is 12.1 Å². The fourth-order valence-corrected chi connectivity index (χ4v) is 1.79. The molecule has 0 bridgehead atoms. The van der Waals surface area contributed by atoms with E-state index >= 15 is 0 Å². The molecule has 21 heavy (non-hydrogen) atoms. The Morgan fingerprint density at radius 3 is 1.52 bits per heavy atom. The van der Waals surface area contributed by atoms with E-state index in [0.717, 1.165) is 13.8 Å². The van der Waals surface area contributed by atoms with Crippen LogP contribution in [-0.2, 0) is 22.6 Å². The molecule has 0 saturated carbocycles. The van der Waals surface area contributed by atoms with Gasteiger partial charge < -0.3 is 5.11 Å². The summed E-state index contributed by atoms with van der Waals surface area (Å²) in [5.74, 6) is -1.52. The third-order valence-corrected chi connectivity index (χ3v) is 3.27. The summed E-state index contributed by atoms with van der Waals surface area (Å²) in [5, 5.41) is 8.99. The van der Waals surface area contributed by atoms with Crippen molar-refractivity contribution < 1.29 is 36.2 Å². The molecule has 0 heterocycles. The number of halogens is 6. The van der Waals surface area contributed by atoms with E-state index in [0.29, 0.717) is 19.1 Å². The topological polar surface area (TPSA) is 37.3 Å². The van der Waals surface area contributed by atoms with Crippen LogP contribution in [0.25, 0.3) is 0 Å². The van der Waals surface area contributed by atoms with Gasteiger partial charge in [-0.1, -0.05) is 0 Å². The van der Waals surface area contributed by atoms with Crippen molar-refractivity contribution in [3.8, 4) is 0 Å². The van der Waals surface area contributed by atoms with E-state index in [9.17, 15) is 31.1 Å². The quantitative estimate of drug-likeness (QED) is 0.822. The molecule has 1 aromatic carbocycles. The first kappa shape index (κ1) is 17.3. The summed E-state index contributed by atoms with van der Waals surface area (Å²) < 4.78 is 77.2. The molecule has 1 aromatic rings. The lowest BCUT2D eigenvalue weighted by Gasteiger charge is -2.24. The molecule has 0 saturated heterocycles. The van der Waals surface area contributed by atoms with Crippen molar-refractivity contribution in [3.05, 3.63) is 34.4 Å². The van der Waals surface area contributed by atoms with Gasteiger partial charge in [0.2, 0.25) is 0 Å². The molecule has 8 heteroatoms. The number of carboxylic acid groups (broad SMARTS) is 1. The van der Waals surface area contributed by atoms with Crippen molar-refractivity contribution in [2.24, 2.45) is 0 Å². The van der Waals surface area contributed by atoms with Crippen molar-refractivity contribution >= 4 is 5.97 Å². The fraction of sp³-hybridized carbons (Fsp3) is 0.462. The Morgan fingerprint density at radius 1 is 0.952 bits per heavy atom. The number of alkyl halides is 6. The molecular weight excluding hydrogens is 302 g/mol. The molecule has 0 amide bonds. The molecule has 1 N–H and O–H groups in total. The molecule has 0 atom stereocenters. The van der Waals surface area contributed by atoms with Gasteiger partial charge in [-0.15, -0.1) is 0 Å². The molecule has 0 aliphatic rings. The van der Waals surface area contributed by atoms with Crippen LogP contribution in [0.2, 0.25) is 0 Å². The second-order valence-corrected chi connectivity index (χ2v) is 5.12. The highest BCUT2D eigenvalue weighted by atomic mass is 19.4. The summed E-state index contributed by atoms with van der Waals surface area (Å²) in [4.78, 5) is 11.1. The molecule has 118 valence electrons. The van der Waals surface area contributed by atoms with Gasteiger partial charge in [0, 0.05) is 0 Å². The third kappa shape index (κ3) is 3.30. The predicted octanol–water partition coefficient (Wildman–Crippen LogP) is 4.39. The van der Waals surface area contributed by atoms with Crippen LogP contribution in [0.1, 0.15) is 36.1 Å². The molecule has 2 nitrogen and oxygen atoms in total. The Hall–Kier alpha value is -1.73. The number of aliphatic carboxylic acids is 1. The van der Waals surface area contributed by atoms with E-state index in [1.54, 1.807) is 0 Å². The average molecular weight is 314 g/mol. The lowest BCUT2D eigenvalue weighted by Crippen LogP contribution is -2.30. The SMILES string of the molecule is Cc1c(C(F)(F)F)cc(C(C)(C)C(=O)O)cc1C(F)(F)F. The third-order valence-electron chi connectivity index (χ3n) is 3.27. The number of hydrogen-bond donors (Lipinski definition) is 1. The highest BCUT2D eigenvalue weighted by Crippen LogP contribution is 2.41. The van der Waals surface area contributed by atoms with Crippen LogP contribution < -0.4 is 0 Å². The second-order valence-electron chi connectivity index (χ2n) is 5.12. The summed E-state index contributed by atoms with van der Waals surface area (Å²) >= 11 is 0. The summed E-state index contributed by atoms with van der Waals surface area (Å²) in [6, 6.07) is 0.914. The van der Waals surface area contributed by atoms with Crippen molar-refractivity contribution in [3.63, 3.8) is 0 Å². The van der Waals surface area contributed by atoms with Gasteiger partial charge in [0.15, 0.2) is 0 Å². The molecule has 1 rings (SSSR count). The zero-order valence-corrected chi connectivity index (χ0v) is 11.3. The van der Waals surface area contributed by atoms with Gasteiger partial charge in [-0.2, -0.15) is 26.3 Å². The van der Waals surface area contributed by atoms with Crippen LogP contribution in [-0.4, -0.2) is 11.1 Å². The van der Waals surface area contributed by atoms with Crippen molar-refractivity contribution in [1.82, 2.24) is 0 Å². The van der Waals surface area contributed by atoms with Crippen molar-refractivity contribution in [1.29, 1.82) is 0 Å². The average Bonchev–Trinajstić information content (AvgIpc) is 2.25. The number of hydrogen-bond acceptors (Lipinski definition) is 1. The van der Waals surface area contributed by atoms with Gasteiger partial charge in [-0.3, -0.25) is 4.79 Å². The lowest BCUT2D eigenvalue weighted by atomic mass is 9.81. The highest BCUT2D eigenvalue weighted by Gasteiger charge is 2.42. The summed E-state index contributed by atoms with van der Waals surface area (Å²) in [7, 11) is 0. The smallest absolute Gasteiger partial charge is 0.416 e. The molecule has 0 aliphatic carbocycles. The number of carbonyl (C=O) groups is 1. The Labute approximate surface area is 116 Å². The van der Waals surface area contributed by atoms with E-state index < -0.39 is 46.0 Å². The van der Waals surface area contributed by atoms with Crippen LogP contribution in [0.4, 0.5) is 26.3 Å². The van der Waals surface area contributed by atoms with E-state index in [1.165, 1.54) is 0 Å². The van der Waals surface area contributed by atoms with Gasteiger partial charge in [-0.25, -0.2) is 0 Å². The highest BCUT2D eigenvalue weighted by molar-refractivity contribution is 5.80. The summed E-state index contributed by atoms with van der Waals surface area (Å²) in [5.41, 5.74) is -6.38. The summed E-state index contributed by atoms with van der Waals surface area (Å²) in [6.45, 7) is 2.80. The summed E-state index contributed by atoms with van der Waals surface area (Å²) in [6.07, 6.45) is -10.0. The molecule has 0 radical (unpaired) electrons. The fourth-order valence-electron chi connectivity index (χ4n) is 1.79. The normalized spacial score (nSPS) is 13.4. The van der Waals surface area contributed by atoms with Crippen LogP contribution in [0.3, 0.4) is 0 Å². The van der Waals surface area contributed by atoms with E-state index in [-0.39, 0.29) is 0 Å². The molecule has 0 unspecified atom stereocenters. The zero-order valence-electron chi connectivity index (χ0n) is 11.3. The van der Waals surface area contributed by atoms with E-state index in [2.05, 4.69) is 0 Å². The van der Waals surface area contributed by atoms with Crippen LogP contribution in [0.5, 0.6) is 0 Å². The minimum Gasteiger partial charge on any atom is -0.481 e. The maximum atomic E-state index is 12.9. The van der Waals surface area contributed by atoms with E-state index in [1.807, 2.05) is 0 Å². The molecule has 0 aliphatic heterocycles. The lowest BCUT2D eigenvalue weighted by molar-refractivity contribution is -0.146.